The van der Waals surface area contributed by atoms with Crippen LogP contribution in [0.1, 0.15) is 347 Å². The van der Waals surface area contributed by atoms with Crippen LogP contribution in [0.3, 0.4) is 0 Å². The van der Waals surface area contributed by atoms with Crippen LogP contribution in [0.5, 0.6) is 17.2 Å². The van der Waals surface area contributed by atoms with Crippen LogP contribution in [0.4, 0.5) is 0 Å². The summed E-state index contributed by atoms with van der Waals surface area (Å²) in [6.07, 6.45) is 68.6. The summed E-state index contributed by atoms with van der Waals surface area (Å²) in [5.41, 5.74) is 1.25. The molecule has 2 heterocycles. The second-order valence-corrected chi connectivity index (χ2v) is 23.7. The topological polar surface area (TPSA) is 46.5 Å². The molecule has 0 amide bonds. The Bertz CT molecular complexity index is 1320. The van der Waals surface area contributed by atoms with Gasteiger partial charge in [-0.3, -0.25) is 4.99 Å². The van der Waals surface area contributed by atoms with Crippen LogP contribution in [-0.2, 0) is 6.54 Å². The molecule has 0 spiro atoms. The molecule has 0 aliphatic carbocycles. The van der Waals surface area contributed by atoms with Gasteiger partial charge in [0.2, 0.25) is 5.75 Å². The molecule has 1 fully saturated rings. The number of rotatable bonds is 56. The third-order valence-corrected chi connectivity index (χ3v) is 16.5. The first kappa shape index (κ1) is 66.2. The number of nitrogens with zero attached hydrogens (tertiary/aromatic N) is 3. The Morgan fingerprint density at radius 2 is 0.622 bits per heavy atom. The van der Waals surface area contributed by atoms with Crippen LogP contribution in [0, 0.1) is 0 Å². The third kappa shape index (κ3) is 36.1. The van der Waals surface area contributed by atoms with E-state index in [1.165, 1.54) is 307 Å². The van der Waals surface area contributed by atoms with Gasteiger partial charge in [0.05, 0.1) is 19.8 Å². The number of unbranched alkanes of at least 4 members (excludes halogenated alkanes) is 45. The SMILES string of the molecule is CCCCCCCCCCCCCCCCCCOc1cc(CN2CCCN3CCCN=C32)cc(OCCCCCCCCCCCCCCCCCC)c1OCCCCCCCCCCCCCCCCCC. The fourth-order valence-corrected chi connectivity index (χ4v) is 11.6. The van der Waals surface area contributed by atoms with E-state index in [-0.39, 0.29) is 0 Å². The lowest BCUT2D eigenvalue weighted by Crippen LogP contribution is -2.51. The highest BCUT2D eigenvalue weighted by molar-refractivity contribution is 5.81. The maximum absolute atomic E-state index is 6.79. The number of guanidine groups is 1. The highest BCUT2D eigenvalue weighted by Gasteiger charge is 2.26. The van der Waals surface area contributed by atoms with Crippen LogP contribution < -0.4 is 14.2 Å². The Balaban J connectivity index is 1.48. The summed E-state index contributed by atoms with van der Waals surface area (Å²) in [5.74, 6) is 3.82. The molecule has 3 rings (SSSR count). The maximum atomic E-state index is 6.79. The van der Waals surface area contributed by atoms with Gasteiger partial charge >= 0.3 is 0 Å². The predicted molar refractivity (Wildman–Crippen MR) is 325 cm³/mol. The molecule has 0 unspecified atom stereocenters. The fraction of sp³-hybridized carbons (Fsp3) is 0.897. The molecule has 1 aromatic carbocycles. The molecular formula is C68H127N3O3. The van der Waals surface area contributed by atoms with Crippen molar-refractivity contribution in [3.05, 3.63) is 17.7 Å². The van der Waals surface area contributed by atoms with Gasteiger partial charge in [-0.15, -0.1) is 0 Å². The van der Waals surface area contributed by atoms with Crippen LogP contribution in [0.15, 0.2) is 17.1 Å². The second kappa shape index (κ2) is 50.4. The van der Waals surface area contributed by atoms with Crippen molar-refractivity contribution in [3.8, 4) is 17.2 Å². The Kier molecular flexibility index (Phi) is 45.1. The van der Waals surface area contributed by atoms with Gasteiger partial charge in [-0.1, -0.05) is 310 Å². The minimum absolute atomic E-state index is 0.723. The molecule has 6 nitrogen and oxygen atoms in total. The van der Waals surface area contributed by atoms with E-state index in [1.807, 2.05) is 0 Å². The summed E-state index contributed by atoms with van der Waals surface area (Å²) < 4.78 is 20.4. The summed E-state index contributed by atoms with van der Waals surface area (Å²) in [6, 6.07) is 4.58. The van der Waals surface area contributed by atoms with E-state index < -0.39 is 0 Å². The highest BCUT2D eigenvalue weighted by Crippen LogP contribution is 2.40. The number of hydrogen-bond acceptors (Lipinski definition) is 6. The Labute approximate surface area is 462 Å². The van der Waals surface area contributed by atoms with Crippen LogP contribution in [-0.4, -0.2) is 61.8 Å². The molecule has 6 heteroatoms. The Hall–Kier alpha value is -2.11. The first-order valence-corrected chi connectivity index (χ1v) is 33.9. The Morgan fingerprint density at radius 1 is 0.338 bits per heavy atom. The molecule has 2 aliphatic rings. The molecule has 0 bridgehead atoms. The molecule has 2 aliphatic heterocycles. The Morgan fingerprint density at radius 3 is 0.946 bits per heavy atom. The quantitative estimate of drug-likeness (QED) is 0.0609. The van der Waals surface area contributed by atoms with Crippen LogP contribution in [0.25, 0.3) is 0 Å². The lowest BCUT2D eigenvalue weighted by molar-refractivity contribution is 0.229. The first-order valence-electron chi connectivity index (χ1n) is 33.9. The molecular weight excluding hydrogens is 907 g/mol. The second-order valence-electron chi connectivity index (χ2n) is 23.7. The summed E-state index contributed by atoms with van der Waals surface area (Å²) in [5, 5.41) is 0. The van der Waals surface area contributed by atoms with E-state index in [0.717, 1.165) is 95.5 Å². The van der Waals surface area contributed by atoms with Gasteiger partial charge in [-0.05, 0) is 49.8 Å². The van der Waals surface area contributed by atoms with E-state index >= 15 is 0 Å². The van der Waals surface area contributed by atoms with Crippen molar-refractivity contribution in [2.45, 2.75) is 348 Å². The molecule has 0 N–H and O–H groups in total. The maximum Gasteiger partial charge on any atom is 0.203 e. The molecule has 432 valence electrons. The lowest BCUT2D eigenvalue weighted by atomic mass is 10.0. The summed E-state index contributed by atoms with van der Waals surface area (Å²) >= 11 is 0. The minimum atomic E-state index is 0.723. The minimum Gasteiger partial charge on any atom is -0.490 e. The van der Waals surface area contributed by atoms with Gasteiger partial charge in [0.25, 0.3) is 0 Å². The number of aliphatic imine (C=N–C) groups is 1. The summed E-state index contributed by atoms with van der Waals surface area (Å²) in [4.78, 5) is 10.0. The van der Waals surface area contributed by atoms with Crippen LogP contribution in [0.2, 0.25) is 0 Å². The van der Waals surface area contributed by atoms with Crippen molar-refractivity contribution in [2.75, 3.05) is 46.0 Å². The van der Waals surface area contributed by atoms with E-state index in [1.54, 1.807) is 0 Å². The van der Waals surface area contributed by atoms with Crippen LogP contribution >= 0.6 is 0 Å². The zero-order valence-corrected chi connectivity index (χ0v) is 50.2. The first-order chi connectivity index (χ1) is 36.8. The van der Waals surface area contributed by atoms with Gasteiger partial charge in [0, 0.05) is 32.7 Å². The summed E-state index contributed by atoms with van der Waals surface area (Å²) in [7, 11) is 0. The number of benzene rings is 1. The van der Waals surface area contributed by atoms with E-state index in [2.05, 4.69) is 42.7 Å². The van der Waals surface area contributed by atoms with E-state index in [9.17, 15) is 0 Å². The van der Waals surface area contributed by atoms with Crippen molar-refractivity contribution in [3.63, 3.8) is 0 Å². The molecule has 0 aromatic heterocycles. The van der Waals surface area contributed by atoms with Crippen molar-refractivity contribution in [2.24, 2.45) is 4.99 Å². The van der Waals surface area contributed by atoms with E-state index in [4.69, 9.17) is 19.2 Å². The van der Waals surface area contributed by atoms with Gasteiger partial charge in [-0.25, -0.2) is 0 Å². The van der Waals surface area contributed by atoms with Gasteiger partial charge in [-0.2, -0.15) is 0 Å². The average Bonchev–Trinajstić information content (AvgIpc) is 3.41. The highest BCUT2D eigenvalue weighted by atomic mass is 16.5. The number of ether oxygens (including phenoxy) is 3. The molecule has 1 aromatic rings. The molecule has 0 radical (unpaired) electrons. The molecule has 74 heavy (non-hydrogen) atoms. The summed E-state index contributed by atoms with van der Waals surface area (Å²) in [6.45, 7) is 14.2. The molecule has 0 saturated carbocycles. The van der Waals surface area contributed by atoms with Gasteiger partial charge < -0.3 is 24.0 Å². The van der Waals surface area contributed by atoms with E-state index in [0.29, 0.717) is 0 Å². The standard InChI is InChI=1S/C68H127N3O3/c1-4-7-10-13-16-19-22-25-28-31-34-37-40-43-46-49-58-72-65-61-64(63-71-57-53-56-70-55-52-54-69-68(70)71)62-66(73-59-50-47-44-41-38-35-32-29-26-23-20-17-14-11-8-5-2)67(65)74-60-51-48-45-42-39-36-33-30-27-24-21-18-15-12-9-6-3/h61-62H,4-60,63H2,1-3H3. The smallest absolute Gasteiger partial charge is 0.203 e. The lowest BCUT2D eigenvalue weighted by Gasteiger charge is -2.41. The van der Waals surface area contributed by atoms with Crippen molar-refractivity contribution in [1.29, 1.82) is 0 Å². The monoisotopic (exact) mass is 1030 g/mol. The van der Waals surface area contributed by atoms with Gasteiger partial charge in [0.15, 0.2) is 17.5 Å². The largest absolute Gasteiger partial charge is 0.490 e. The zero-order valence-electron chi connectivity index (χ0n) is 50.2. The van der Waals surface area contributed by atoms with Crippen molar-refractivity contribution in [1.82, 2.24) is 9.80 Å². The zero-order chi connectivity index (χ0) is 52.3. The average molecular weight is 1030 g/mol. The predicted octanol–water partition coefficient (Wildman–Crippen LogP) is 21.9. The van der Waals surface area contributed by atoms with Crippen molar-refractivity contribution < 1.29 is 14.2 Å². The van der Waals surface area contributed by atoms with Crippen molar-refractivity contribution >= 4 is 5.96 Å². The fourth-order valence-electron chi connectivity index (χ4n) is 11.6. The number of hydrogen-bond donors (Lipinski definition) is 0. The molecule has 0 atom stereocenters. The normalized spacial score (nSPS) is 13.7. The third-order valence-electron chi connectivity index (χ3n) is 16.5. The van der Waals surface area contributed by atoms with Gasteiger partial charge in [0.1, 0.15) is 0 Å². The molecule has 1 saturated heterocycles. The number of fused-ring (bicyclic) bond motifs is 1.